The molecular formula is C22H25N5O. The highest BCUT2D eigenvalue weighted by atomic mass is 16.2. The molecule has 0 atom stereocenters. The fraction of sp³-hybridized carbons (Fsp3) is 0.318. The number of amides is 1. The van der Waals surface area contributed by atoms with Crippen LogP contribution in [0.3, 0.4) is 0 Å². The molecule has 0 radical (unpaired) electrons. The Hall–Kier alpha value is -3.15. The first-order valence-corrected chi connectivity index (χ1v) is 9.75. The number of hydrogen-bond acceptors (Lipinski definition) is 4. The first kappa shape index (κ1) is 18.2. The summed E-state index contributed by atoms with van der Waals surface area (Å²) in [5.41, 5.74) is 1.21. The van der Waals surface area contributed by atoms with Gasteiger partial charge in [-0.05, 0) is 31.0 Å². The lowest BCUT2D eigenvalue weighted by atomic mass is 10.1. The second kappa shape index (κ2) is 8.25. The van der Waals surface area contributed by atoms with Gasteiger partial charge in [-0.15, -0.1) is 0 Å². The van der Waals surface area contributed by atoms with Crippen molar-refractivity contribution in [2.75, 3.05) is 31.1 Å². The maximum absolute atomic E-state index is 12.6. The van der Waals surface area contributed by atoms with Gasteiger partial charge in [-0.1, -0.05) is 30.3 Å². The average molecular weight is 375 g/mol. The Labute approximate surface area is 165 Å². The van der Waals surface area contributed by atoms with E-state index in [-0.39, 0.29) is 5.91 Å². The average Bonchev–Trinajstić information content (AvgIpc) is 3.27. The van der Waals surface area contributed by atoms with E-state index in [1.807, 2.05) is 65.2 Å². The summed E-state index contributed by atoms with van der Waals surface area (Å²) in [7, 11) is 0. The minimum Gasteiger partial charge on any atom is -0.353 e. The molecule has 6 heteroatoms. The van der Waals surface area contributed by atoms with Crippen LogP contribution in [0.25, 0.3) is 5.82 Å². The van der Waals surface area contributed by atoms with E-state index in [0.717, 1.165) is 50.1 Å². The molecule has 1 fully saturated rings. The van der Waals surface area contributed by atoms with Gasteiger partial charge < -0.3 is 14.4 Å². The van der Waals surface area contributed by atoms with Gasteiger partial charge in [0.05, 0.1) is 0 Å². The minimum absolute atomic E-state index is 0.232. The predicted molar refractivity (Wildman–Crippen MR) is 110 cm³/mol. The fourth-order valence-electron chi connectivity index (χ4n) is 3.56. The van der Waals surface area contributed by atoms with E-state index in [9.17, 15) is 4.79 Å². The van der Waals surface area contributed by atoms with Gasteiger partial charge in [-0.2, -0.15) is 0 Å². The van der Waals surface area contributed by atoms with Gasteiger partial charge in [0.1, 0.15) is 17.5 Å². The van der Waals surface area contributed by atoms with Gasteiger partial charge in [0.15, 0.2) is 0 Å². The molecule has 1 aromatic carbocycles. The highest BCUT2D eigenvalue weighted by molar-refractivity contribution is 5.76. The van der Waals surface area contributed by atoms with Crippen LogP contribution < -0.4 is 4.90 Å². The van der Waals surface area contributed by atoms with E-state index in [1.165, 1.54) is 5.56 Å². The number of rotatable bonds is 5. The molecule has 2 aromatic heterocycles. The first-order chi connectivity index (χ1) is 13.7. The molecule has 1 aliphatic heterocycles. The fourth-order valence-corrected chi connectivity index (χ4v) is 3.56. The summed E-state index contributed by atoms with van der Waals surface area (Å²) in [4.78, 5) is 25.9. The number of anilines is 1. The monoisotopic (exact) mass is 375 g/mol. The number of aryl methyl sites for hydroxylation is 2. The number of piperazine rings is 1. The molecule has 0 saturated carbocycles. The quantitative estimate of drug-likeness (QED) is 0.688. The molecule has 0 spiro atoms. The van der Waals surface area contributed by atoms with Crippen molar-refractivity contribution in [3.63, 3.8) is 0 Å². The standard InChI is InChI=1S/C22H25N5O/c1-18-23-20(25-11-5-6-12-25)17-21(24-18)26-13-15-27(16-14-26)22(28)10-9-19-7-3-2-4-8-19/h2-8,11-12,17H,9-10,13-16H2,1H3. The summed E-state index contributed by atoms with van der Waals surface area (Å²) in [6, 6.07) is 16.2. The van der Waals surface area contributed by atoms with Gasteiger partial charge in [-0.25, -0.2) is 9.97 Å². The van der Waals surface area contributed by atoms with Crippen molar-refractivity contribution >= 4 is 11.7 Å². The summed E-state index contributed by atoms with van der Waals surface area (Å²) in [5, 5.41) is 0. The van der Waals surface area contributed by atoms with Gasteiger partial charge in [0, 0.05) is 51.1 Å². The van der Waals surface area contributed by atoms with Crippen molar-refractivity contribution in [2.24, 2.45) is 0 Å². The normalized spacial score (nSPS) is 14.3. The zero-order valence-electron chi connectivity index (χ0n) is 16.2. The van der Waals surface area contributed by atoms with Crippen molar-refractivity contribution in [3.05, 3.63) is 72.3 Å². The first-order valence-electron chi connectivity index (χ1n) is 9.75. The predicted octanol–water partition coefficient (Wildman–Crippen LogP) is 2.86. The minimum atomic E-state index is 0.232. The van der Waals surface area contributed by atoms with Crippen LogP contribution in [0.15, 0.2) is 60.9 Å². The summed E-state index contributed by atoms with van der Waals surface area (Å²) in [6.07, 6.45) is 5.32. The topological polar surface area (TPSA) is 54.3 Å². The second-order valence-electron chi connectivity index (χ2n) is 7.08. The molecule has 3 heterocycles. The third kappa shape index (κ3) is 4.22. The van der Waals surface area contributed by atoms with Gasteiger partial charge in [-0.3, -0.25) is 4.79 Å². The highest BCUT2D eigenvalue weighted by Crippen LogP contribution is 2.18. The van der Waals surface area contributed by atoms with Crippen LogP contribution in [-0.2, 0) is 11.2 Å². The molecule has 0 bridgehead atoms. The van der Waals surface area contributed by atoms with Crippen LogP contribution in [0.1, 0.15) is 17.8 Å². The lowest BCUT2D eigenvalue weighted by molar-refractivity contribution is -0.131. The lowest BCUT2D eigenvalue weighted by Gasteiger charge is -2.35. The van der Waals surface area contributed by atoms with Crippen molar-refractivity contribution in [1.29, 1.82) is 0 Å². The number of carbonyl (C=O) groups excluding carboxylic acids is 1. The Morgan fingerprint density at radius 1 is 0.929 bits per heavy atom. The summed E-state index contributed by atoms with van der Waals surface area (Å²) in [6.45, 7) is 4.96. The van der Waals surface area contributed by atoms with Crippen LogP contribution in [0.4, 0.5) is 5.82 Å². The summed E-state index contributed by atoms with van der Waals surface area (Å²) >= 11 is 0. The molecule has 28 heavy (non-hydrogen) atoms. The maximum atomic E-state index is 12.6. The van der Waals surface area contributed by atoms with E-state index in [4.69, 9.17) is 0 Å². The van der Waals surface area contributed by atoms with Crippen LogP contribution in [0.5, 0.6) is 0 Å². The highest BCUT2D eigenvalue weighted by Gasteiger charge is 2.22. The molecule has 1 amide bonds. The van der Waals surface area contributed by atoms with Crippen molar-refractivity contribution < 1.29 is 4.79 Å². The molecule has 0 N–H and O–H groups in total. The Morgan fingerprint density at radius 3 is 2.32 bits per heavy atom. The van der Waals surface area contributed by atoms with Crippen LogP contribution >= 0.6 is 0 Å². The zero-order chi connectivity index (χ0) is 19.3. The second-order valence-corrected chi connectivity index (χ2v) is 7.08. The molecule has 1 aliphatic rings. The summed E-state index contributed by atoms with van der Waals surface area (Å²) in [5.74, 6) is 2.78. The molecule has 6 nitrogen and oxygen atoms in total. The Bertz CT molecular complexity index is 915. The van der Waals surface area contributed by atoms with Gasteiger partial charge >= 0.3 is 0 Å². The Morgan fingerprint density at radius 2 is 1.61 bits per heavy atom. The number of nitrogens with zero attached hydrogens (tertiary/aromatic N) is 5. The van der Waals surface area contributed by atoms with E-state index in [1.54, 1.807) is 0 Å². The van der Waals surface area contributed by atoms with Gasteiger partial charge in [0.25, 0.3) is 0 Å². The Balaban J connectivity index is 1.36. The van der Waals surface area contributed by atoms with Crippen LogP contribution in [0.2, 0.25) is 0 Å². The molecule has 0 unspecified atom stereocenters. The van der Waals surface area contributed by atoms with Crippen LogP contribution in [0, 0.1) is 6.92 Å². The largest absolute Gasteiger partial charge is 0.353 e. The third-order valence-corrected chi connectivity index (χ3v) is 5.11. The number of benzene rings is 1. The van der Waals surface area contributed by atoms with Gasteiger partial charge in [0.2, 0.25) is 5.91 Å². The molecule has 1 saturated heterocycles. The van der Waals surface area contributed by atoms with Crippen LogP contribution in [-0.4, -0.2) is 51.5 Å². The Kier molecular flexibility index (Phi) is 5.37. The lowest BCUT2D eigenvalue weighted by Crippen LogP contribution is -2.49. The number of aromatic nitrogens is 3. The smallest absolute Gasteiger partial charge is 0.223 e. The van der Waals surface area contributed by atoms with E-state index in [0.29, 0.717) is 6.42 Å². The third-order valence-electron chi connectivity index (χ3n) is 5.11. The van der Waals surface area contributed by atoms with E-state index >= 15 is 0 Å². The molecule has 4 rings (SSSR count). The maximum Gasteiger partial charge on any atom is 0.223 e. The van der Waals surface area contributed by atoms with E-state index < -0.39 is 0 Å². The zero-order valence-corrected chi connectivity index (χ0v) is 16.2. The summed E-state index contributed by atoms with van der Waals surface area (Å²) < 4.78 is 1.99. The molecule has 144 valence electrons. The molecular weight excluding hydrogens is 350 g/mol. The van der Waals surface area contributed by atoms with Crippen molar-refractivity contribution in [1.82, 2.24) is 19.4 Å². The van der Waals surface area contributed by atoms with Crippen molar-refractivity contribution in [2.45, 2.75) is 19.8 Å². The molecule has 3 aromatic rings. The molecule has 0 aliphatic carbocycles. The van der Waals surface area contributed by atoms with E-state index in [2.05, 4.69) is 27.0 Å². The number of hydrogen-bond donors (Lipinski definition) is 0. The SMILES string of the molecule is Cc1nc(N2CCN(C(=O)CCc3ccccc3)CC2)cc(-n2cccc2)n1. The van der Waals surface area contributed by atoms with Crippen molar-refractivity contribution in [3.8, 4) is 5.82 Å². The number of carbonyl (C=O) groups is 1.